The fourth-order valence-electron chi connectivity index (χ4n) is 4.04. The number of aromatic amines is 1. The van der Waals surface area contributed by atoms with Crippen LogP contribution in [-0.2, 0) is 5.88 Å². The van der Waals surface area contributed by atoms with E-state index in [2.05, 4.69) is 10.3 Å². The summed E-state index contributed by atoms with van der Waals surface area (Å²) in [6.45, 7) is 0. The molecule has 0 saturated heterocycles. The minimum Gasteiger partial charge on any atom is -0.493 e. The summed E-state index contributed by atoms with van der Waals surface area (Å²) in [6, 6.07) is 22.8. The third-order valence-electron chi connectivity index (χ3n) is 5.77. The van der Waals surface area contributed by atoms with Crippen LogP contribution in [0.2, 0.25) is 0 Å². The number of methoxy groups -OCH3 is 2. The van der Waals surface area contributed by atoms with Gasteiger partial charge in [0.2, 0.25) is 0 Å². The van der Waals surface area contributed by atoms with E-state index in [9.17, 15) is 4.79 Å². The van der Waals surface area contributed by atoms with Gasteiger partial charge in [0.1, 0.15) is 5.82 Å². The van der Waals surface area contributed by atoms with Gasteiger partial charge in [-0.15, -0.1) is 11.6 Å². The van der Waals surface area contributed by atoms with Gasteiger partial charge in [-0.3, -0.25) is 4.79 Å². The lowest BCUT2D eigenvalue weighted by atomic mass is 10.1. The highest BCUT2D eigenvalue weighted by molar-refractivity contribution is 6.17. The Hall–Kier alpha value is -4.03. The van der Waals surface area contributed by atoms with E-state index in [1.165, 1.54) is 0 Å². The summed E-state index contributed by atoms with van der Waals surface area (Å²) in [7, 11) is 3.20. The Morgan fingerprint density at radius 3 is 2.44 bits per heavy atom. The second-order valence-electron chi connectivity index (χ2n) is 7.80. The van der Waals surface area contributed by atoms with Crippen molar-refractivity contribution in [2.45, 2.75) is 5.88 Å². The molecule has 2 aromatic heterocycles. The average Bonchev–Trinajstić information content (AvgIpc) is 3.26. The number of pyridine rings is 1. The van der Waals surface area contributed by atoms with Crippen molar-refractivity contribution in [3.63, 3.8) is 0 Å². The smallest absolute Gasteiger partial charge is 0.256 e. The Bertz CT molecular complexity index is 1510. The largest absolute Gasteiger partial charge is 0.493 e. The number of halogens is 1. The lowest BCUT2D eigenvalue weighted by molar-refractivity contribution is 0.102. The van der Waals surface area contributed by atoms with Gasteiger partial charge in [-0.25, -0.2) is 4.98 Å². The first-order valence-electron chi connectivity index (χ1n) is 10.7. The molecule has 0 aliphatic carbocycles. The maximum Gasteiger partial charge on any atom is 0.256 e. The molecule has 6 nitrogen and oxygen atoms in total. The Morgan fingerprint density at radius 2 is 1.71 bits per heavy atom. The van der Waals surface area contributed by atoms with Crippen LogP contribution in [0.25, 0.3) is 33.1 Å². The minimum atomic E-state index is -0.244. The van der Waals surface area contributed by atoms with Crippen molar-refractivity contribution < 1.29 is 14.3 Å². The van der Waals surface area contributed by atoms with Crippen molar-refractivity contribution in [3.8, 4) is 22.8 Å². The molecular formula is C27H22ClN3O3. The van der Waals surface area contributed by atoms with E-state index in [-0.39, 0.29) is 5.91 Å². The maximum absolute atomic E-state index is 13.0. The van der Waals surface area contributed by atoms with Crippen LogP contribution in [0.5, 0.6) is 11.5 Å². The van der Waals surface area contributed by atoms with E-state index < -0.39 is 0 Å². The molecule has 3 aromatic carbocycles. The first kappa shape index (κ1) is 21.8. The number of hydrogen-bond acceptors (Lipinski definition) is 4. The molecule has 0 atom stereocenters. The van der Waals surface area contributed by atoms with Gasteiger partial charge >= 0.3 is 0 Å². The summed E-state index contributed by atoms with van der Waals surface area (Å²) >= 11 is 5.87. The summed E-state index contributed by atoms with van der Waals surface area (Å²) in [5.41, 5.74) is 4.87. The molecule has 170 valence electrons. The second kappa shape index (κ2) is 9.08. The van der Waals surface area contributed by atoms with E-state index in [1.807, 2.05) is 60.7 Å². The highest BCUT2D eigenvalue weighted by Gasteiger charge is 2.17. The number of benzene rings is 3. The van der Waals surface area contributed by atoms with Crippen molar-refractivity contribution in [2.75, 3.05) is 19.5 Å². The van der Waals surface area contributed by atoms with Gasteiger partial charge in [-0.1, -0.05) is 30.3 Å². The molecule has 7 heteroatoms. The van der Waals surface area contributed by atoms with Gasteiger partial charge in [0.05, 0.1) is 25.4 Å². The fourth-order valence-corrected chi connectivity index (χ4v) is 4.21. The van der Waals surface area contributed by atoms with Crippen LogP contribution in [0.3, 0.4) is 0 Å². The van der Waals surface area contributed by atoms with Crippen LogP contribution in [0.1, 0.15) is 15.9 Å². The van der Waals surface area contributed by atoms with Gasteiger partial charge < -0.3 is 19.8 Å². The van der Waals surface area contributed by atoms with Crippen LogP contribution in [-0.4, -0.2) is 30.1 Å². The number of anilines is 1. The number of H-pyrrole nitrogens is 1. The number of para-hydroxylation sites is 1. The molecule has 0 saturated carbocycles. The number of aromatic nitrogens is 2. The maximum atomic E-state index is 13.0. The topological polar surface area (TPSA) is 76.2 Å². The summed E-state index contributed by atoms with van der Waals surface area (Å²) in [6.07, 6.45) is 0. The van der Waals surface area contributed by atoms with E-state index >= 15 is 0 Å². The molecule has 0 spiro atoms. The number of nitrogens with zero attached hydrogens (tertiary/aromatic N) is 1. The predicted octanol–water partition coefficient (Wildman–Crippen LogP) is 6.39. The molecule has 34 heavy (non-hydrogen) atoms. The zero-order valence-electron chi connectivity index (χ0n) is 18.7. The van der Waals surface area contributed by atoms with E-state index in [1.54, 1.807) is 26.4 Å². The Balaban J connectivity index is 1.64. The molecule has 0 unspecified atom stereocenters. The monoisotopic (exact) mass is 471 g/mol. The first-order valence-corrected chi connectivity index (χ1v) is 11.2. The Morgan fingerprint density at radius 1 is 0.941 bits per heavy atom. The molecule has 0 aliphatic rings. The van der Waals surface area contributed by atoms with Crippen LogP contribution in [0.4, 0.5) is 5.82 Å². The molecule has 0 aliphatic heterocycles. The second-order valence-corrected chi connectivity index (χ2v) is 8.07. The average molecular weight is 472 g/mol. The number of ether oxygens (including phenoxy) is 2. The lowest BCUT2D eigenvalue weighted by Crippen LogP contribution is -2.13. The van der Waals surface area contributed by atoms with Gasteiger partial charge in [0.15, 0.2) is 11.5 Å². The molecule has 5 rings (SSSR count). The number of hydrogen-bond donors (Lipinski definition) is 2. The van der Waals surface area contributed by atoms with Crippen LogP contribution in [0.15, 0.2) is 72.8 Å². The standard InChI is InChI=1S/C27H22ClN3O3/c1-33-22-12-11-18(13-23(22)34-2)25-26-20(19-5-3-4-6-21(19)29-26)14-24(30-25)31-27(32)17-9-7-16(15-28)8-10-17/h3-14,29H,15H2,1-2H3,(H,30,31,32). The number of carbonyl (C=O) groups excluding carboxylic acids is 1. The SMILES string of the molecule is COc1ccc(-c2nc(NC(=O)c3ccc(CCl)cc3)cc3c2[nH]c2ccccc23)cc1OC. The van der Waals surface area contributed by atoms with Crippen molar-refractivity contribution >= 4 is 45.1 Å². The summed E-state index contributed by atoms with van der Waals surface area (Å²) < 4.78 is 10.9. The quantitative estimate of drug-likeness (QED) is 0.281. The summed E-state index contributed by atoms with van der Waals surface area (Å²) in [5.74, 6) is 1.83. The minimum absolute atomic E-state index is 0.244. The van der Waals surface area contributed by atoms with Crippen LogP contribution in [0, 0.1) is 0 Å². The third kappa shape index (κ3) is 3.93. The zero-order chi connectivity index (χ0) is 23.7. The fraction of sp³-hybridized carbons (Fsp3) is 0.111. The number of amides is 1. The highest BCUT2D eigenvalue weighted by Crippen LogP contribution is 2.37. The lowest BCUT2D eigenvalue weighted by Gasteiger charge is -2.12. The first-order chi connectivity index (χ1) is 16.6. The number of carbonyl (C=O) groups is 1. The number of nitrogens with one attached hydrogen (secondary N) is 2. The summed E-state index contributed by atoms with van der Waals surface area (Å²) in [4.78, 5) is 21.2. The molecule has 0 radical (unpaired) electrons. The number of rotatable bonds is 6. The molecular weight excluding hydrogens is 450 g/mol. The van der Waals surface area contributed by atoms with Crippen molar-refractivity contribution in [1.82, 2.24) is 9.97 Å². The van der Waals surface area contributed by atoms with Crippen LogP contribution < -0.4 is 14.8 Å². The van der Waals surface area contributed by atoms with Gasteiger partial charge in [0.25, 0.3) is 5.91 Å². The van der Waals surface area contributed by atoms with Gasteiger partial charge in [0, 0.05) is 33.3 Å². The molecule has 2 N–H and O–H groups in total. The number of fused-ring (bicyclic) bond motifs is 3. The number of alkyl halides is 1. The predicted molar refractivity (Wildman–Crippen MR) is 136 cm³/mol. The van der Waals surface area contributed by atoms with Crippen LogP contribution >= 0.6 is 11.6 Å². The zero-order valence-corrected chi connectivity index (χ0v) is 19.4. The van der Waals surface area contributed by atoms with Gasteiger partial charge in [-0.05, 0) is 48.0 Å². The molecule has 0 bridgehead atoms. The Labute approximate surface area is 201 Å². The molecule has 2 heterocycles. The highest BCUT2D eigenvalue weighted by atomic mass is 35.5. The van der Waals surface area contributed by atoms with Crippen molar-refractivity contribution in [2.24, 2.45) is 0 Å². The van der Waals surface area contributed by atoms with Crippen molar-refractivity contribution in [1.29, 1.82) is 0 Å². The van der Waals surface area contributed by atoms with E-state index in [4.69, 9.17) is 26.1 Å². The third-order valence-corrected chi connectivity index (χ3v) is 6.07. The normalized spacial score (nSPS) is 11.0. The van der Waals surface area contributed by atoms with E-state index in [0.717, 1.165) is 32.9 Å². The van der Waals surface area contributed by atoms with Crippen molar-refractivity contribution in [3.05, 3.63) is 83.9 Å². The Kier molecular flexibility index (Phi) is 5.82. The molecule has 5 aromatic rings. The molecule has 1 amide bonds. The van der Waals surface area contributed by atoms with E-state index in [0.29, 0.717) is 34.5 Å². The van der Waals surface area contributed by atoms with Gasteiger partial charge in [-0.2, -0.15) is 0 Å². The summed E-state index contributed by atoms with van der Waals surface area (Å²) in [5, 5.41) is 4.96. The molecule has 0 fully saturated rings.